The molecule has 2 aliphatic rings. The Kier molecular flexibility index (Phi) is 7.09. The van der Waals surface area contributed by atoms with Crippen LogP contribution in [0.4, 0.5) is 4.39 Å². The second-order valence-electron chi connectivity index (χ2n) is 9.20. The fourth-order valence-corrected chi connectivity index (χ4v) is 6.41. The third-order valence-corrected chi connectivity index (χ3v) is 8.77. The van der Waals surface area contributed by atoms with Crippen LogP contribution in [0.25, 0.3) is 11.3 Å². The summed E-state index contributed by atoms with van der Waals surface area (Å²) < 4.78 is 46.6. The summed E-state index contributed by atoms with van der Waals surface area (Å²) in [5, 5.41) is 0. The highest BCUT2D eigenvalue weighted by atomic mass is 32.2. The van der Waals surface area contributed by atoms with Gasteiger partial charge in [0.1, 0.15) is 27.9 Å². The maximum atomic E-state index is 13.2. The van der Waals surface area contributed by atoms with Crippen molar-refractivity contribution in [1.82, 2.24) is 14.2 Å². The van der Waals surface area contributed by atoms with Crippen LogP contribution < -0.4 is 4.74 Å². The molecule has 0 aliphatic carbocycles. The predicted molar refractivity (Wildman–Crippen MR) is 143 cm³/mol. The monoisotopic (exact) mass is 534 g/mol. The lowest BCUT2D eigenvalue weighted by atomic mass is 10.1. The minimum Gasteiger partial charge on any atom is -0.457 e. The molecule has 2 aromatic carbocycles. The fourth-order valence-electron chi connectivity index (χ4n) is 4.57. The molecule has 2 aliphatic heterocycles. The van der Waals surface area contributed by atoms with Gasteiger partial charge >= 0.3 is 0 Å². The van der Waals surface area contributed by atoms with Crippen molar-refractivity contribution in [1.29, 1.82) is 0 Å². The smallest absolute Gasteiger partial charge is 0.272 e. The molecular formula is C28H27FN4O4S. The van der Waals surface area contributed by atoms with E-state index in [0.29, 0.717) is 40.0 Å². The van der Waals surface area contributed by atoms with Gasteiger partial charge < -0.3 is 9.64 Å². The molecule has 38 heavy (non-hydrogen) atoms. The van der Waals surface area contributed by atoms with Gasteiger partial charge in [0.2, 0.25) is 10.0 Å². The number of allylic oxidation sites excluding steroid dienone is 1. The Labute approximate surface area is 221 Å². The van der Waals surface area contributed by atoms with Crippen molar-refractivity contribution in [2.45, 2.75) is 13.8 Å². The van der Waals surface area contributed by atoms with E-state index in [1.807, 2.05) is 18.2 Å². The number of nitrogens with zero attached hydrogens (tertiary/aromatic N) is 4. The van der Waals surface area contributed by atoms with Crippen LogP contribution in [-0.4, -0.2) is 66.9 Å². The van der Waals surface area contributed by atoms with Crippen LogP contribution in [0.2, 0.25) is 0 Å². The van der Waals surface area contributed by atoms with Gasteiger partial charge in [0, 0.05) is 31.7 Å². The molecule has 5 rings (SSSR count). The lowest BCUT2D eigenvalue weighted by Crippen LogP contribution is -2.51. The average molecular weight is 535 g/mol. The Balaban J connectivity index is 1.24. The third-order valence-electron chi connectivity index (χ3n) is 6.56. The first-order valence-electron chi connectivity index (χ1n) is 12.2. The second kappa shape index (κ2) is 10.5. The molecule has 0 saturated carbocycles. The minimum absolute atomic E-state index is 0.216. The number of aromatic nitrogens is 1. The Morgan fingerprint density at radius 1 is 0.895 bits per heavy atom. The fraction of sp³-hybridized carbons (Fsp3) is 0.250. The normalized spacial score (nSPS) is 16.5. The molecule has 0 unspecified atom stereocenters. The predicted octanol–water partition coefficient (Wildman–Crippen LogP) is 4.52. The van der Waals surface area contributed by atoms with Crippen LogP contribution in [0.1, 0.15) is 24.3 Å². The Hall–Kier alpha value is -3.89. The Bertz CT molecular complexity index is 1530. The second-order valence-corrected chi connectivity index (χ2v) is 11.1. The maximum Gasteiger partial charge on any atom is 0.272 e. The molecule has 8 nitrogen and oxygen atoms in total. The number of pyridine rings is 1. The van der Waals surface area contributed by atoms with Crippen LogP contribution in [0.15, 0.2) is 82.2 Å². The van der Waals surface area contributed by atoms with E-state index in [0.717, 1.165) is 11.1 Å². The number of piperazine rings is 1. The quantitative estimate of drug-likeness (QED) is 0.464. The number of aliphatic imine (C=N–C) groups is 1. The highest BCUT2D eigenvalue weighted by Gasteiger charge is 2.35. The highest BCUT2D eigenvalue weighted by molar-refractivity contribution is 7.94. The van der Waals surface area contributed by atoms with E-state index in [2.05, 4.69) is 9.98 Å². The van der Waals surface area contributed by atoms with Crippen LogP contribution >= 0.6 is 0 Å². The molecule has 0 atom stereocenters. The van der Waals surface area contributed by atoms with E-state index in [9.17, 15) is 17.6 Å². The number of ether oxygens (including phenoxy) is 1. The number of hydrogen-bond donors (Lipinski definition) is 0. The molecule has 196 valence electrons. The van der Waals surface area contributed by atoms with Crippen molar-refractivity contribution >= 4 is 21.6 Å². The van der Waals surface area contributed by atoms with Gasteiger partial charge in [-0.1, -0.05) is 6.07 Å². The zero-order valence-electron chi connectivity index (χ0n) is 21.1. The highest BCUT2D eigenvalue weighted by Crippen LogP contribution is 2.27. The number of benzene rings is 2. The van der Waals surface area contributed by atoms with Crippen molar-refractivity contribution in [3.63, 3.8) is 0 Å². The molecule has 1 fully saturated rings. The first-order valence-corrected chi connectivity index (χ1v) is 13.7. The molecule has 3 heterocycles. The lowest BCUT2D eigenvalue weighted by Gasteiger charge is -2.34. The summed E-state index contributed by atoms with van der Waals surface area (Å²) in [5.41, 5.74) is 3.01. The number of hydrogen-bond acceptors (Lipinski definition) is 6. The van der Waals surface area contributed by atoms with Crippen molar-refractivity contribution in [3.8, 4) is 22.8 Å². The summed E-state index contributed by atoms with van der Waals surface area (Å²) in [5.74, 6) is 0.540. The molecule has 0 radical (unpaired) electrons. The summed E-state index contributed by atoms with van der Waals surface area (Å²) in [6.07, 6.45) is 0. The van der Waals surface area contributed by atoms with Gasteiger partial charge in [-0.25, -0.2) is 17.8 Å². The van der Waals surface area contributed by atoms with E-state index in [1.54, 1.807) is 55.1 Å². The molecule has 10 heteroatoms. The minimum atomic E-state index is -3.64. The van der Waals surface area contributed by atoms with Crippen LogP contribution in [0, 0.1) is 5.82 Å². The van der Waals surface area contributed by atoms with Crippen LogP contribution in [-0.2, 0) is 10.0 Å². The van der Waals surface area contributed by atoms with Crippen molar-refractivity contribution in [2.75, 3.05) is 32.7 Å². The van der Waals surface area contributed by atoms with Gasteiger partial charge in [-0.2, -0.15) is 4.31 Å². The van der Waals surface area contributed by atoms with Gasteiger partial charge in [-0.15, -0.1) is 0 Å². The number of rotatable bonds is 6. The van der Waals surface area contributed by atoms with Gasteiger partial charge in [0.15, 0.2) is 0 Å². The molecular weight excluding hydrogens is 507 g/mol. The Morgan fingerprint density at radius 3 is 2.13 bits per heavy atom. The van der Waals surface area contributed by atoms with E-state index in [1.165, 1.54) is 16.4 Å². The number of sulfonamides is 1. The molecule has 1 amide bonds. The van der Waals surface area contributed by atoms with Crippen LogP contribution in [0.5, 0.6) is 11.5 Å². The summed E-state index contributed by atoms with van der Waals surface area (Å²) in [4.78, 5) is 24.0. The maximum absolute atomic E-state index is 13.2. The standard InChI is InChI=1S/C28H27FN4O4S/c1-19-18-30-20(2)27(19)38(35,36)33-16-14-32(15-17-33)28(34)26-5-3-4-25(31-26)21-6-10-23(11-7-21)37-24-12-8-22(29)9-13-24/h3-13H,14-18H2,1-2H3. The largest absolute Gasteiger partial charge is 0.457 e. The van der Waals surface area contributed by atoms with Crippen molar-refractivity contribution < 1.29 is 22.3 Å². The molecule has 1 aromatic heterocycles. The summed E-state index contributed by atoms with van der Waals surface area (Å²) in [6.45, 7) is 4.90. The first-order chi connectivity index (χ1) is 18.2. The molecule has 3 aromatic rings. The molecule has 1 saturated heterocycles. The number of amides is 1. The molecule has 0 spiro atoms. The summed E-state index contributed by atoms with van der Waals surface area (Å²) >= 11 is 0. The third kappa shape index (κ3) is 5.23. The van der Waals surface area contributed by atoms with Crippen LogP contribution in [0.3, 0.4) is 0 Å². The number of carbonyl (C=O) groups is 1. The summed E-state index contributed by atoms with van der Waals surface area (Å²) in [7, 11) is -3.64. The van der Waals surface area contributed by atoms with E-state index in [4.69, 9.17) is 4.74 Å². The number of carbonyl (C=O) groups excluding carboxylic acids is 1. The van der Waals surface area contributed by atoms with Gasteiger partial charge in [0.25, 0.3) is 5.91 Å². The van der Waals surface area contributed by atoms with E-state index < -0.39 is 10.0 Å². The van der Waals surface area contributed by atoms with Crippen molar-refractivity contribution in [2.24, 2.45) is 4.99 Å². The van der Waals surface area contributed by atoms with E-state index >= 15 is 0 Å². The summed E-state index contributed by atoms with van der Waals surface area (Å²) in [6, 6.07) is 18.3. The first kappa shape index (κ1) is 25.7. The van der Waals surface area contributed by atoms with Gasteiger partial charge in [-0.05, 0) is 80.1 Å². The SMILES string of the molecule is CC1=NCC(C)=C1S(=O)(=O)N1CCN(C(=O)c2cccc(-c3ccc(Oc4ccc(F)cc4)cc3)n2)CC1. The number of halogens is 1. The molecule has 0 bridgehead atoms. The Morgan fingerprint density at radius 2 is 1.53 bits per heavy atom. The topological polar surface area (TPSA) is 92.2 Å². The van der Waals surface area contributed by atoms with Gasteiger partial charge in [-0.3, -0.25) is 9.79 Å². The lowest BCUT2D eigenvalue weighted by molar-refractivity contribution is 0.0692. The zero-order valence-corrected chi connectivity index (χ0v) is 21.9. The van der Waals surface area contributed by atoms with Gasteiger partial charge in [0.05, 0.1) is 18.0 Å². The van der Waals surface area contributed by atoms with E-state index in [-0.39, 0.29) is 37.9 Å². The molecule has 0 N–H and O–H groups in total. The zero-order chi connectivity index (χ0) is 26.9. The average Bonchev–Trinajstić information content (AvgIpc) is 3.28. The van der Waals surface area contributed by atoms with Crippen molar-refractivity contribution in [3.05, 3.63) is 88.7 Å².